The number of hydrogen-bond donors (Lipinski definition) is 0. The maximum Gasteiger partial charge on any atom is 0.0544 e. The number of nitrogens with zero attached hydrogens (tertiary/aromatic N) is 2. The van der Waals surface area contributed by atoms with Gasteiger partial charge >= 0.3 is 0 Å². The van der Waals surface area contributed by atoms with Crippen LogP contribution in [0.3, 0.4) is 0 Å². The first-order valence-corrected chi connectivity index (χ1v) is 18.8. The van der Waals surface area contributed by atoms with Gasteiger partial charge in [0.15, 0.2) is 0 Å². The quantitative estimate of drug-likeness (QED) is 0.187. The zero-order chi connectivity index (χ0) is 34.3. The Morgan fingerprint density at radius 1 is 0.680 bits per heavy atom. The normalized spacial score (nSPS) is 16.7. The summed E-state index contributed by atoms with van der Waals surface area (Å²) in [5.41, 5.74) is 16.2. The zero-order valence-corrected chi connectivity index (χ0v) is 30.0. The van der Waals surface area contributed by atoms with E-state index in [4.69, 9.17) is 0 Å². The number of rotatable bonds is 4. The lowest BCUT2D eigenvalue weighted by molar-refractivity contribution is 0.815. The van der Waals surface area contributed by atoms with E-state index in [-0.39, 0.29) is 0 Å². The Labute approximate surface area is 299 Å². The molecule has 252 valence electrons. The van der Waals surface area contributed by atoms with E-state index >= 15 is 0 Å². The second-order valence-corrected chi connectivity index (χ2v) is 13.4. The van der Waals surface area contributed by atoms with Crippen LogP contribution in [0.4, 0.5) is 5.69 Å². The molecule has 1 aromatic heterocycles. The smallest absolute Gasteiger partial charge is 0.0544 e. The Morgan fingerprint density at radius 3 is 2.28 bits per heavy atom. The van der Waals surface area contributed by atoms with E-state index in [1.165, 1.54) is 92.0 Å². The molecule has 0 radical (unpaired) electrons. The predicted molar refractivity (Wildman–Crippen MR) is 217 cm³/mol. The summed E-state index contributed by atoms with van der Waals surface area (Å²) in [7, 11) is 0. The zero-order valence-electron chi connectivity index (χ0n) is 30.0. The molecule has 0 fully saturated rings. The molecule has 0 amide bonds. The van der Waals surface area contributed by atoms with Crippen LogP contribution in [-0.2, 0) is 12.8 Å². The lowest BCUT2D eigenvalue weighted by Gasteiger charge is -2.29. The summed E-state index contributed by atoms with van der Waals surface area (Å²) in [6, 6.07) is 23.1. The van der Waals surface area contributed by atoms with Gasteiger partial charge < -0.3 is 9.47 Å². The highest BCUT2D eigenvalue weighted by Crippen LogP contribution is 2.43. The summed E-state index contributed by atoms with van der Waals surface area (Å²) in [4.78, 5) is 2.47. The second-order valence-electron chi connectivity index (χ2n) is 13.4. The molecule has 3 aromatic carbocycles. The number of allylic oxidation sites excluding steroid dienone is 14. The predicted octanol–water partition coefficient (Wildman–Crippen LogP) is 13.3. The monoisotopic (exact) mass is 654 g/mol. The fourth-order valence-corrected chi connectivity index (χ4v) is 7.75. The molecule has 0 spiro atoms. The summed E-state index contributed by atoms with van der Waals surface area (Å²) >= 11 is 0. The standard InChI is InChI=1S/C40H36N2.C6H8.C2H6/c1-28-11-10-15-32(20-19-28)41(31-13-4-2-3-5-14-31)33-21-23-34(24-22-33)42-39-18-9-8-17-36(39)38-26-30-25-29-12-6-7-16-35(29)37(30)27-40(38)42;1-2-4-6-5-3-1;1-2/h2,4,6-8,11-13,15-17,19-24,26-27H,3,5,9-10,14,18,25H2,1H3;1-4H,5-6H2;1-2H3. The molecular formula is C48H50N2. The molecule has 0 aliphatic heterocycles. The van der Waals surface area contributed by atoms with Gasteiger partial charge in [0.05, 0.1) is 5.52 Å². The highest BCUT2D eigenvalue weighted by atomic mass is 15.2. The van der Waals surface area contributed by atoms with Gasteiger partial charge in [0, 0.05) is 39.4 Å². The Hall–Kier alpha value is -5.08. The molecule has 0 saturated heterocycles. The van der Waals surface area contributed by atoms with Gasteiger partial charge in [-0.05, 0) is 136 Å². The summed E-state index contributed by atoms with van der Waals surface area (Å²) in [5.74, 6) is 0. The first-order chi connectivity index (χ1) is 24.7. The molecule has 2 heteroatoms. The molecule has 1 heterocycles. The summed E-state index contributed by atoms with van der Waals surface area (Å²) in [6.07, 6.45) is 39.2. The summed E-state index contributed by atoms with van der Waals surface area (Å²) < 4.78 is 2.54. The molecule has 0 saturated carbocycles. The van der Waals surface area contributed by atoms with Crippen molar-refractivity contribution in [3.8, 4) is 16.8 Å². The molecular weight excluding hydrogens is 605 g/mol. The van der Waals surface area contributed by atoms with Gasteiger partial charge in [0.1, 0.15) is 0 Å². The molecule has 0 unspecified atom stereocenters. The van der Waals surface area contributed by atoms with Crippen LogP contribution in [0.2, 0.25) is 0 Å². The Balaban J connectivity index is 0.000000440. The van der Waals surface area contributed by atoms with E-state index in [0.717, 1.165) is 38.5 Å². The van der Waals surface area contributed by atoms with E-state index in [0.29, 0.717) is 0 Å². The molecule has 0 bridgehead atoms. The van der Waals surface area contributed by atoms with Gasteiger partial charge in [0.2, 0.25) is 0 Å². The molecule has 4 aromatic rings. The fourth-order valence-electron chi connectivity index (χ4n) is 7.75. The molecule has 9 rings (SSSR count). The van der Waals surface area contributed by atoms with Crippen LogP contribution in [0.25, 0.3) is 33.8 Å². The van der Waals surface area contributed by atoms with Gasteiger partial charge in [0.25, 0.3) is 0 Å². The fraction of sp³-hybridized carbons (Fsp3) is 0.250. The Morgan fingerprint density at radius 2 is 1.48 bits per heavy atom. The van der Waals surface area contributed by atoms with Gasteiger partial charge in [-0.15, -0.1) is 0 Å². The van der Waals surface area contributed by atoms with Crippen LogP contribution < -0.4 is 4.90 Å². The van der Waals surface area contributed by atoms with Gasteiger partial charge in [-0.1, -0.05) is 111 Å². The number of fused-ring (bicyclic) bond motifs is 6. The van der Waals surface area contributed by atoms with Crippen molar-refractivity contribution in [2.45, 2.75) is 78.6 Å². The second kappa shape index (κ2) is 15.6. The third-order valence-corrected chi connectivity index (χ3v) is 10.2. The van der Waals surface area contributed by atoms with Crippen LogP contribution >= 0.6 is 0 Å². The van der Waals surface area contributed by atoms with Crippen LogP contribution in [0, 0.1) is 0 Å². The van der Waals surface area contributed by atoms with Crippen LogP contribution in [0.15, 0.2) is 151 Å². The number of aromatic nitrogens is 1. The van der Waals surface area contributed by atoms with E-state index < -0.39 is 0 Å². The molecule has 0 N–H and O–H groups in total. The maximum absolute atomic E-state index is 2.54. The summed E-state index contributed by atoms with van der Waals surface area (Å²) in [5, 5.41) is 1.38. The molecule has 50 heavy (non-hydrogen) atoms. The van der Waals surface area contributed by atoms with Gasteiger partial charge in [-0.3, -0.25) is 0 Å². The van der Waals surface area contributed by atoms with Gasteiger partial charge in [-0.2, -0.15) is 0 Å². The van der Waals surface area contributed by atoms with Crippen molar-refractivity contribution in [2.24, 2.45) is 0 Å². The molecule has 2 nitrogen and oxygen atoms in total. The lowest BCUT2D eigenvalue weighted by Crippen LogP contribution is -2.21. The minimum absolute atomic E-state index is 0.953. The minimum atomic E-state index is 0.953. The van der Waals surface area contributed by atoms with Crippen molar-refractivity contribution < 1.29 is 0 Å². The average Bonchev–Trinajstić information content (AvgIpc) is 3.42. The Bertz CT molecular complexity index is 2090. The van der Waals surface area contributed by atoms with Crippen molar-refractivity contribution >= 4 is 22.7 Å². The number of anilines is 1. The first kappa shape index (κ1) is 33.4. The van der Waals surface area contributed by atoms with E-state index in [1.807, 2.05) is 13.8 Å². The van der Waals surface area contributed by atoms with Crippen molar-refractivity contribution in [1.82, 2.24) is 4.57 Å². The van der Waals surface area contributed by atoms with Crippen molar-refractivity contribution in [1.29, 1.82) is 0 Å². The van der Waals surface area contributed by atoms with E-state index in [1.54, 1.807) is 0 Å². The molecule has 5 aliphatic carbocycles. The third kappa shape index (κ3) is 6.85. The van der Waals surface area contributed by atoms with E-state index in [9.17, 15) is 0 Å². The molecule has 5 aliphatic rings. The average molecular weight is 655 g/mol. The lowest BCUT2D eigenvalue weighted by atomic mass is 9.99. The minimum Gasteiger partial charge on any atom is -0.315 e. The largest absolute Gasteiger partial charge is 0.315 e. The third-order valence-electron chi connectivity index (χ3n) is 10.2. The van der Waals surface area contributed by atoms with Crippen LogP contribution in [0.1, 0.15) is 88.1 Å². The van der Waals surface area contributed by atoms with Crippen molar-refractivity contribution in [3.63, 3.8) is 0 Å². The van der Waals surface area contributed by atoms with Crippen molar-refractivity contribution in [2.75, 3.05) is 4.90 Å². The number of benzene rings is 3. The van der Waals surface area contributed by atoms with Crippen molar-refractivity contribution in [3.05, 3.63) is 173 Å². The van der Waals surface area contributed by atoms with Crippen LogP contribution in [-0.4, -0.2) is 4.57 Å². The SMILES string of the molecule is C1=CCCC=C1.CC.CC1=CCC=C(N(C2=CC=CCCC2)c2ccc(-n3c4c(c5cc6c(cc53)-c3ccccc3C6)C=CCC4)cc2)C=C1. The van der Waals surface area contributed by atoms with E-state index in [2.05, 4.69) is 156 Å². The molecule has 0 atom stereocenters. The number of hydrogen-bond acceptors (Lipinski definition) is 1. The van der Waals surface area contributed by atoms with Gasteiger partial charge in [-0.25, -0.2) is 0 Å². The highest BCUT2D eigenvalue weighted by Gasteiger charge is 2.25. The topological polar surface area (TPSA) is 8.17 Å². The first-order valence-electron chi connectivity index (χ1n) is 18.8. The summed E-state index contributed by atoms with van der Waals surface area (Å²) in [6.45, 7) is 6.19. The maximum atomic E-state index is 2.54. The van der Waals surface area contributed by atoms with Crippen LogP contribution in [0.5, 0.6) is 0 Å². The highest BCUT2D eigenvalue weighted by molar-refractivity contribution is 5.98. The Kier molecular flexibility index (Phi) is 10.5.